The van der Waals surface area contributed by atoms with Crippen molar-refractivity contribution >= 4 is 34.8 Å². The van der Waals surface area contributed by atoms with Crippen molar-refractivity contribution in [2.24, 2.45) is 0 Å². The highest BCUT2D eigenvalue weighted by Crippen LogP contribution is 2.26. The molecule has 27 heavy (non-hydrogen) atoms. The van der Waals surface area contributed by atoms with Crippen molar-refractivity contribution in [1.82, 2.24) is 19.5 Å². The van der Waals surface area contributed by atoms with Crippen LogP contribution < -0.4 is 5.32 Å². The largest absolute Gasteiger partial charge is 0.365 e. The molecule has 4 rings (SSSR count). The van der Waals surface area contributed by atoms with E-state index in [-0.39, 0.29) is 18.1 Å². The summed E-state index contributed by atoms with van der Waals surface area (Å²) in [6, 6.07) is 14.4. The normalized spacial score (nSPS) is 10.4. The first-order valence-electron chi connectivity index (χ1n) is 7.93. The Bertz CT molecular complexity index is 1070. The van der Waals surface area contributed by atoms with Crippen LogP contribution in [0.2, 0.25) is 0 Å². The molecule has 8 nitrogen and oxygen atoms in total. The quantitative estimate of drug-likeness (QED) is 0.417. The van der Waals surface area contributed by atoms with Gasteiger partial charge in [-0.3, -0.25) is 14.7 Å². The molecule has 0 fully saturated rings. The van der Waals surface area contributed by atoms with Crippen molar-refractivity contribution in [3.05, 3.63) is 82.9 Å². The monoisotopic (exact) mass is 382 g/mol. The molecular weight excluding hydrogens is 368 g/mol. The van der Waals surface area contributed by atoms with Gasteiger partial charge in [-0.2, -0.15) is 4.98 Å². The predicted molar refractivity (Wildman–Crippen MR) is 104 cm³/mol. The summed E-state index contributed by atoms with van der Waals surface area (Å²) >= 11 is 0. The van der Waals surface area contributed by atoms with E-state index in [4.69, 9.17) is 0 Å². The van der Waals surface area contributed by atoms with E-state index in [9.17, 15) is 10.1 Å². The smallest absolute Gasteiger partial charge is 0.270 e. The van der Waals surface area contributed by atoms with E-state index >= 15 is 0 Å². The Hall–Kier alpha value is -3.52. The number of imidazole rings is 1. The maximum Gasteiger partial charge on any atom is 0.270 e. The first kappa shape index (κ1) is 18.3. The highest BCUT2D eigenvalue weighted by atomic mass is 35.5. The van der Waals surface area contributed by atoms with Gasteiger partial charge in [0.25, 0.3) is 5.69 Å². The number of rotatable bonds is 5. The molecule has 2 aromatic carbocycles. The summed E-state index contributed by atoms with van der Waals surface area (Å²) in [5.41, 5.74) is 1.69. The molecule has 0 spiro atoms. The number of nitrogens with one attached hydrogen (secondary N) is 1. The number of halogens is 1. The highest BCUT2D eigenvalue weighted by molar-refractivity contribution is 5.91. The van der Waals surface area contributed by atoms with E-state index < -0.39 is 4.92 Å². The number of hydrogen-bond donors (Lipinski definition) is 1. The number of nitro groups is 1. The van der Waals surface area contributed by atoms with E-state index in [1.54, 1.807) is 29.4 Å². The third-order valence-corrected chi connectivity index (χ3v) is 3.92. The van der Waals surface area contributed by atoms with Crippen LogP contribution in [-0.4, -0.2) is 24.4 Å². The molecule has 0 aliphatic rings. The Kier molecular flexibility index (Phi) is 5.28. The fourth-order valence-corrected chi connectivity index (χ4v) is 2.63. The third kappa shape index (κ3) is 3.85. The van der Waals surface area contributed by atoms with E-state index in [2.05, 4.69) is 20.3 Å². The Labute approximate surface area is 160 Å². The minimum atomic E-state index is -0.426. The van der Waals surface area contributed by atoms with Gasteiger partial charge in [0.1, 0.15) is 12.1 Å². The van der Waals surface area contributed by atoms with E-state index in [1.807, 2.05) is 30.3 Å². The van der Waals surface area contributed by atoms with Crippen LogP contribution in [-0.2, 0) is 6.54 Å². The molecule has 0 radical (unpaired) electrons. The van der Waals surface area contributed by atoms with Gasteiger partial charge < -0.3 is 5.32 Å². The molecule has 0 amide bonds. The molecule has 0 saturated heterocycles. The second-order valence-corrected chi connectivity index (χ2v) is 5.64. The second-order valence-electron chi connectivity index (χ2n) is 5.64. The molecule has 0 unspecified atom stereocenters. The fourth-order valence-electron chi connectivity index (χ4n) is 2.63. The van der Waals surface area contributed by atoms with Gasteiger partial charge in [-0.25, -0.2) is 9.97 Å². The number of anilines is 1. The van der Waals surface area contributed by atoms with E-state index in [0.717, 1.165) is 5.56 Å². The van der Waals surface area contributed by atoms with Gasteiger partial charge in [0.05, 0.1) is 10.4 Å². The molecule has 0 aliphatic heterocycles. The van der Waals surface area contributed by atoms with E-state index in [0.29, 0.717) is 29.2 Å². The summed E-state index contributed by atoms with van der Waals surface area (Å²) in [6.07, 6.45) is 4.99. The second kappa shape index (κ2) is 7.79. The third-order valence-electron chi connectivity index (χ3n) is 3.92. The zero-order chi connectivity index (χ0) is 17.9. The number of nitro benzene ring substituents is 1. The van der Waals surface area contributed by atoms with Crippen LogP contribution in [0.3, 0.4) is 0 Å². The summed E-state index contributed by atoms with van der Waals surface area (Å²) in [6.45, 7) is 0.541. The standard InChI is InChI=1S/C18H14N6O2.ClH/c25-24(26)14-6-7-16-15(10-14)17(20-11-13-4-2-1-3-5-13)22-18(21-16)23-9-8-19-12-23;/h1-10,12H,11H2,(H,20,21,22);1H. The zero-order valence-corrected chi connectivity index (χ0v) is 14.8. The Morgan fingerprint density at radius 2 is 1.93 bits per heavy atom. The predicted octanol–water partition coefficient (Wildman–Crippen LogP) is 3.76. The maximum absolute atomic E-state index is 11.1. The van der Waals surface area contributed by atoms with Crippen LogP contribution in [0.25, 0.3) is 16.9 Å². The zero-order valence-electron chi connectivity index (χ0n) is 14.0. The van der Waals surface area contributed by atoms with Crippen molar-refractivity contribution in [2.45, 2.75) is 6.54 Å². The van der Waals surface area contributed by atoms with Crippen molar-refractivity contribution in [1.29, 1.82) is 0 Å². The Morgan fingerprint density at radius 3 is 2.63 bits per heavy atom. The molecule has 9 heteroatoms. The van der Waals surface area contributed by atoms with Crippen LogP contribution in [0.1, 0.15) is 5.56 Å². The molecule has 2 aromatic heterocycles. The first-order valence-corrected chi connectivity index (χ1v) is 7.93. The molecule has 4 aromatic rings. The lowest BCUT2D eigenvalue weighted by Gasteiger charge is -2.11. The molecular formula is C18H15ClN6O2. The van der Waals surface area contributed by atoms with Crippen molar-refractivity contribution in [3.8, 4) is 5.95 Å². The summed E-state index contributed by atoms with van der Waals surface area (Å²) < 4.78 is 1.69. The van der Waals surface area contributed by atoms with Gasteiger partial charge in [-0.1, -0.05) is 30.3 Å². The molecule has 0 saturated carbocycles. The summed E-state index contributed by atoms with van der Waals surface area (Å²) in [5, 5.41) is 15.0. The van der Waals surface area contributed by atoms with Crippen LogP contribution in [0.15, 0.2) is 67.3 Å². The van der Waals surface area contributed by atoms with Crippen LogP contribution in [0, 0.1) is 10.1 Å². The van der Waals surface area contributed by atoms with Gasteiger partial charge in [0, 0.05) is 36.5 Å². The van der Waals surface area contributed by atoms with Crippen LogP contribution >= 0.6 is 12.4 Å². The molecule has 2 heterocycles. The van der Waals surface area contributed by atoms with Crippen LogP contribution in [0.5, 0.6) is 0 Å². The van der Waals surface area contributed by atoms with Crippen molar-refractivity contribution in [2.75, 3.05) is 5.32 Å². The Morgan fingerprint density at radius 1 is 1.11 bits per heavy atom. The molecule has 0 aliphatic carbocycles. The number of fused-ring (bicyclic) bond motifs is 1. The molecule has 136 valence electrons. The van der Waals surface area contributed by atoms with Gasteiger partial charge in [-0.15, -0.1) is 12.4 Å². The maximum atomic E-state index is 11.1. The number of benzene rings is 2. The number of nitrogens with zero attached hydrogens (tertiary/aromatic N) is 5. The lowest BCUT2D eigenvalue weighted by Crippen LogP contribution is -2.07. The van der Waals surface area contributed by atoms with Gasteiger partial charge in [-0.05, 0) is 11.6 Å². The highest BCUT2D eigenvalue weighted by Gasteiger charge is 2.13. The first-order chi connectivity index (χ1) is 12.7. The summed E-state index contributed by atoms with van der Waals surface area (Å²) in [4.78, 5) is 23.7. The minimum absolute atomic E-state index is 0. The van der Waals surface area contributed by atoms with Crippen LogP contribution in [0.4, 0.5) is 11.5 Å². The van der Waals surface area contributed by atoms with E-state index in [1.165, 1.54) is 12.1 Å². The van der Waals surface area contributed by atoms with Crippen molar-refractivity contribution < 1.29 is 4.92 Å². The average Bonchev–Trinajstić information content (AvgIpc) is 3.21. The van der Waals surface area contributed by atoms with Gasteiger partial charge >= 0.3 is 0 Å². The lowest BCUT2D eigenvalue weighted by atomic mass is 10.2. The topological polar surface area (TPSA) is 98.8 Å². The molecule has 0 atom stereocenters. The molecule has 1 N–H and O–H groups in total. The average molecular weight is 383 g/mol. The van der Waals surface area contributed by atoms with Gasteiger partial charge in [0.2, 0.25) is 5.95 Å². The summed E-state index contributed by atoms with van der Waals surface area (Å²) in [5.74, 6) is 0.977. The fraction of sp³-hybridized carbons (Fsp3) is 0.0556. The Balaban J connectivity index is 0.00000210. The lowest BCUT2D eigenvalue weighted by molar-refractivity contribution is -0.384. The summed E-state index contributed by atoms with van der Waals surface area (Å²) in [7, 11) is 0. The number of aromatic nitrogens is 4. The molecule has 0 bridgehead atoms. The van der Waals surface area contributed by atoms with Crippen molar-refractivity contribution in [3.63, 3.8) is 0 Å². The number of non-ortho nitro benzene ring substituents is 1. The number of hydrogen-bond acceptors (Lipinski definition) is 6. The van der Waals surface area contributed by atoms with Gasteiger partial charge in [0.15, 0.2) is 0 Å². The minimum Gasteiger partial charge on any atom is -0.365 e. The SMILES string of the molecule is Cl.O=[N+]([O-])c1ccc2nc(-n3ccnc3)nc(NCc3ccccc3)c2c1.